The smallest absolute Gasteiger partial charge is 0.260 e. The van der Waals surface area contributed by atoms with E-state index in [2.05, 4.69) is 4.98 Å². The topological polar surface area (TPSA) is 66.6 Å². The van der Waals surface area contributed by atoms with E-state index in [9.17, 15) is 9.90 Å². The fourth-order valence-electron chi connectivity index (χ4n) is 2.13. The Balaban J connectivity index is 1.92. The number of aromatic nitrogens is 1. The van der Waals surface area contributed by atoms with Crippen molar-refractivity contribution in [3.63, 3.8) is 0 Å². The van der Waals surface area contributed by atoms with Gasteiger partial charge in [0.2, 0.25) is 0 Å². The Morgan fingerprint density at radius 2 is 2.15 bits per heavy atom. The molecular weight excluding hydrogens is 276 g/mol. The highest BCUT2D eigenvalue weighted by Gasteiger charge is 2.33. The lowest BCUT2D eigenvalue weighted by Crippen LogP contribution is -2.23. The molecule has 5 nitrogen and oxygen atoms in total. The first kappa shape index (κ1) is 13.2. The van der Waals surface area contributed by atoms with E-state index in [1.54, 1.807) is 13.1 Å². The zero-order valence-electron chi connectivity index (χ0n) is 11.4. The molecule has 0 fully saturated rings. The monoisotopic (exact) mass is 290 g/mol. The largest absolute Gasteiger partial charge is 0.436 e. The molecule has 2 heterocycles. The molecule has 2 aromatic rings. The van der Waals surface area contributed by atoms with Crippen molar-refractivity contribution in [2.24, 2.45) is 0 Å². The Morgan fingerprint density at radius 1 is 1.40 bits per heavy atom. The van der Waals surface area contributed by atoms with E-state index in [0.717, 1.165) is 22.0 Å². The average Bonchev–Trinajstić information content (AvgIpc) is 2.84. The SMILES string of the molecule is Cc1nc(Sc2ccc3c(c2)N(C)C(=O)C3O)oc1C. The maximum Gasteiger partial charge on any atom is 0.260 e. The highest BCUT2D eigenvalue weighted by atomic mass is 32.2. The summed E-state index contributed by atoms with van der Waals surface area (Å²) in [7, 11) is 1.66. The van der Waals surface area contributed by atoms with Crippen molar-refractivity contribution < 1.29 is 14.3 Å². The van der Waals surface area contributed by atoms with Gasteiger partial charge < -0.3 is 14.4 Å². The molecule has 1 unspecified atom stereocenters. The van der Waals surface area contributed by atoms with Crippen LogP contribution in [0.4, 0.5) is 5.69 Å². The van der Waals surface area contributed by atoms with Gasteiger partial charge in [0.05, 0.1) is 11.4 Å². The van der Waals surface area contributed by atoms with Crippen LogP contribution in [-0.2, 0) is 4.79 Å². The van der Waals surface area contributed by atoms with Crippen molar-refractivity contribution in [1.29, 1.82) is 0 Å². The van der Waals surface area contributed by atoms with E-state index in [-0.39, 0.29) is 5.91 Å². The van der Waals surface area contributed by atoms with Gasteiger partial charge in [0.25, 0.3) is 11.1 Å². The molecule has 1 atom stereocenters. The van der Waals surface area contributed by atoms with Crippen LogP contribution < -0.4 is 4.90 Å². The normalized spacial score (nSPS) is 17.7. The second-order valence-corrected chi connectivity index (χ2v) is 5.77. The molecule has 0 spiro atoms. The van der Waals surface area contributed by atoms with Crippen LogP contribution in [0.3, 0.4) is 0 Å². The number of carbonyl (C=O) groups excluding carboxylic acids is 1. The molecule has 1 aliphatic heterocycles. The minimum atomic E-state index is -1.06. The molecule has 1 N–H and O–H groups in total. The van der Waals surface area contributed by atoms with Gasteiger partial charge in [-0.1, -0.05) is 6.07 Å². The number of benzene rings is 1. The third-order valence-corrected chi connectivity index (χ3v) is 4.28. The molecule has 1 aromatic carbocycles. The van der Waals surface area contributed by atoms with E-state index in [0.29, 0.717) is 10.8 Å². The fourth-order valence-corrected chi connectivity index (χ4v) is 2.99. The predicted molar refractivity (Wildman–Crippen MR) is 74.9 cm³/mol. The minimum Gasteiger partial charge on any atom is -0.436 e. The number of amides is 1. The number of anilines is 1. The van der Waals surface area contributed by atoms with Crippen LogP contribution in [0.2, 0.25) is 0 Å². The molecule has 20 heavy (non-hydrogen) atoms. The Morgan fingerprint density at radius 3 is 2.80 bits per heavy atom. The van der Waals surface area contributed by atoms with Gasteiger partial charge in [-0.05, 0) is 37.7 Å². The van der Waals surface area contributed by atoms with E-state index in [1.807, 2.05) is 26.0 Å². The molecule has 3 rings (SSSR count). The van der Waals surface area contributed by atoms with Gasteiger partial charge >= 0.3 is 0 Å². The lowest BCUT2D eigenvalue weighted by Gasteiger charge is -2.10. The molecule has 1 aliphatic rings. The summed E-state index contributed by atoms with van der Waals surface area (Å²) in [6.45, 7) is 3.77. The quantitative estimate of drug-likeness (QED) is 0.920. The molecule has 104 valence electrons. The molecule has 0 bridgehead atoms. The maximum atomic E-state index is 11.7. The number of aryl methyl sites for hydroxylation is 2. The summed E-state index contributed by atoms with van der Waals surface area (Å²) in [6, 6.07) is 5.49. The number of carbonyl (C=O) groups is 1. The van der Waals surface area contributed by atoms with Gasteiger partial charge in [-0.15, -0.1) is 0 Å². The number of rotatable bonds is 2. The fraction of sp³-hybridized carbons (Fsp3) is 0.286. The first-order chi connectivity index (χ1) is 9.47. The van der Waals surface area contributed by atoms with Gasteiger partial charge in [-0.2, -0.15) is 0 Å². The van der Waals surface area contributed by atoms with Crippen molar-refractivity contribution >= 4 is 23.4 Å². The highest BCUT2D eigenvalue weighted by molar-refractivity contribution is 7.99. The minimum absolute atomic E-state index is 0.301. The molecule has 0 saturated carbocycles. The summed E-state index contributed by atoms with van der Waals surface area (Å²) in [4.78, 5) is 18.4. The van der Waals surface area contributed by atoms with Crippen LogP contribution in [0.15, 0.2) is 32.7 Å². The number of oxazole rings is 1. The van der Waals surface area contributed by atoms with Crippen LogP contribution >= 0.6 is 11.8 Å². The summed E-state index contributed by atoms with van der Waals surface area (Å²) in [5.41, 5.74) is 2.24. The number of aliphatic hydroxyl groups is 1. The molecule has 0 radical (unpaired) electrons. The Hall–Kier alpha value is -1.79. The third-order valence-electron chi connectivity index (χ3n) is 3.44. The lowest BCUT2D eigenvalue weighted by molar-refractivity contribution is -0.125. The summed E-state index contributed by atoms with van der Waals surface area (Å²) in [5.74, 6) is 0.501. The number of hydrogen-bond acceptors (Lipinski definition) is 5. The van der Waals surface area contributed by atoms with E-state index < -0.39 is 6.10 Å². The first-order valence-electron chi connectivity index (χ1n) is 6.19. The van der Waals surface area contributed by atoms with Gasteiger partial charge in [-0.25, -0.2) is 4.98 Å². The van der Waals surface area contributed by atoms with E-state index in [1.165, 1.54) is 16.7 Å². The van der Waals surface area contributed by atoms with Crippen molar-refractivity contribution in [3.8, 4) is 0 Å². The van der Waals surface area contributed by atoms with E-state index in [4.69, 9.17) is 4.42 Å². The Bertz CT molecular complexity index is 676. The Kier molecular flexibility index (Phi) is 3.07. The summed E-state index contributed by atoms with van der Waals surface area (Å²) in [6.07, 6.45) is -1.06. The number of likely N-dealkylation sites (N-methyl/N-ethyl adjacent to an activating group) is 1. The zero-order chi connectivity index (χ0) is 14.4. The maximum absolute atomic E-state index is 11.7. The van der Waals surface area contributed by atoms with Crippen LogP contribution in [0.5, 0.6) is 0 Å². The number of nitrogens with zero attached hydrogens (tertiary/aromatic N) is 2. The first-order valence-corrected chi connectivity index (χ1v) is 7.00. The van der Waals surface area contributed by atoms with Crippen molar-refractivity contribution in [3.05, 3.63) is 35.2 Å². The van der Waals surface area contributed by atoms with Crippen LogP contribution in [0, 0.1) is 13.8 Å². The summed E-state index contributed by atoms with van der Waals surface area (Å²) < 4.78 is 5.53. The summed E-state index contributed by atoms with van der Waals surface area (Å²) in [5, 5.41) is 10.4. The molecule has 0 aliphatic carbocycles. The highest BCUT2D eigenvalue weighted by Crippen LogP contribution is 2.39. The van der Waals surface area contributed by atoms with Crippen molar-refractivity contribution in [2.75, 3.05) is 11.9 Å². The van der Waals surface area contributed by atoms with Crippen LogP contribution in [0.25, 0.3) is 0 Å². The summed E-state index contributed by atoms with van der Waals surface area (Å²) >= 11 is 1.40. The van der Waals surface area contributed by atoms with Gasteiger partial charge in [0.1, 0.15) is 5.76 Å². The van der Waals surface area contributed by atoms with Gasteiger partial charge in [-0.3, -0.25) is 4.79 Å². The second kappa shape index (κ2) is 4.64. The number of hydrogen-bond donors (Lipinski definition) is 1. The predicted octanol–water partition coefficient (Wildman–Crippen LogP) is 2.45. The molecule has 1 aromatic heterocycles. The number of aliphatic hydroxyl groups excluding tert-OH is 1. The molecule has 1 amide bonds. The van der Waals surface area contributed by atoms with E-state index >= 15 is 0 Å². The Labute approximate surface area is 120 Å². The molecule has 0 saturated heterocycles. The average molecular weight is 290 g/mol. The standard InChI is InChI=1S/C14H14N2O3S/c1-7-8(2)19-14(15-7)20-9-4-5-10-11(6-9)16(3)13(18)12(10)17/h4-6,12,17H,1-3H3. The lowest BCUT2D eigenvalue weighted by atomic mass is 10.1. The number of fused-ring (bicyclic) bond motifs is 1. The van der Waals surface area contributed by atoms with Gasteiger partial charge in [0, 0.05) is 17.5 Å². The van der Waals surface area contributed by atoms with Crippen molar-refractivity contribution in [2.45, 2.75) is 30.1 Å². The van der Waals surface area contributed by atoms with Crippen molar-refractivity contribution in [1.82, 2.24) is 4.98 Å². The van der Waals surface area contributed by atoms with Gasteiger partial charge in [0.15, 0.2) is 6.10 Å². The molecular formula is C14H14N2O3S. The molecule has 6 heteroatoms. The third kappa shape index (κ3) is 2.01. The van der Waals surface area contributed by atoms with Crippen LogP contribution in [-0.4, -0.2) is 23.0 Å². The van der Waals surface area contributed by atoms with Crippen LogP contribution in [0.1, 0.15) is 23.1 Å². The zero-order valence-corrected chi connectivity index (χ0v) is 12.2. The second-order valence-electron chi connectivity index (χ2n) is 4.74.